The molecule has 1 amide bonds. The summed E-state index contributed by atoms with van der Waals surface area (Å²) >= 11 is 0. The first-order valence-electron chi connectivity index (χ1n) is 5.33. The predicted octanol–water partition coefficient (Wildman–Crippen LogP) is 2.20. The Bertz CT molecular complexity index is 527. The van der Waals surface area contributed by atoms with E-state index in [9.17, 15) is 18.0 Å². The molecular weight excluding hydrogens is 259 g/mol. The van der Waals surface area contributed by atoms with Gasteiger partial charge in [-0.2, -0.15) is 13.2 Å². The zero-order chi connectivity index (χ0) is 14.5. The number of methoxy groups -OCH3 is 1. The summed E-state index contributed by atoms with van der Waals surface area (Å²) in [5, 5.41) is 2.42. The molecule has 0 spiro atoms. The largest absolute Gasteiger partial charge is 0.496 e. The molecular formula is C13H12F3NO2. The molecule has 0 bridgehead atoms. The Balaban J connectivity index is 2.96. The first kappa shape index (κ1) is 14.9. The van der Waals surface area contributed by atoms with Gasteiger partial charge in [-0.05, 0) is 18.2 Å². The van der Waals surface area contributed by atoms with Gasteiger partial charge in [0.1, 0.15) is 5.75 Å². The Morgan fingerprint density at radius 2 is 2.11 bits per heavy atom. The van der Waals surface area contributed by atoms with Crippen LogP contribution in [-0.2, 0) is 11.0 Å². The highest BCUT2D eigenvalue weighted by Crippen LogP contribution is 2.36. The number of alkyl halides is 3. The number of rotatable bonds is 2. The van der Waals surface area contributed by atoms with E-state index >= 15 is 0 Å². The van der Waals surface area contributed by atoms with E-state index in [-0.39, 0.29) is 23.8 Å². The van der Waals surface area contributed by atoms with Crippen molar-refractivity contribution in [1.82, 2.24) is 5.32 Å². The van der Waals surface area contributed by atoms with Gasteiger partial charge in [0.2, 0.25) is 5.91 Å². The molecule has 1 rings (SSSR count). The van der Waals surface area contributed by atoms with Gasteiger partial charge in [0, 0.05) is 12.5 Å². The molecule has 1 N–H and O–H groups in total. The van der Waals surface area contributed by atoms with Crippen molar-refractivity contribution in [3.63, 3.8) is 0 Å². The SMILES string of the molecule is COc1ccc(C#CCNC(C)=O)cc1C(F)(F)F. The fourth-order valence-corrected chi connectivity index (χ4v) is 1.32. The number of hydrogen-bond donors (Lipinski definition) is 1. The fourth-order valence-electron chi connectivity index (χ4n) is 1.32. The highest BCUT2D eigenvalue weighted by molar-refractivity contribution is 5.73. The van der Waals surface area contributed by atoms with Crippen molar-refractivity contribution in [3.8, 4) is 17.6 Å². The second-order valence-electron chi connectivity index (χ2n) is 3.62. The van der Waals surface area contributed by atoms with Crippen molar-refractivity contribution < 1.29 is 22.7 Å². The number of carbonyl (C=O) groups excluding carboxylic acids is 1. The van der Waals surface area contributed by atoms with Crippen LogP contribution >= 0.6 is 0 Å². The molecule has 1 aromatic rings. The molecule has 3 nitrogen and oxygen atoms in total. The van der Waals surface area contributed by atoms with Gasteiger partial charge in [0.05, 0.1) is 19.2 Å². The van der Waals surface area contributed by atoms with Crippen LogP contribution < -0.4 is 10.1 Å². The highest BCUT2D eigenvalue weighted by atomic mass is 19.4. The van der Waals surface area contributed by atoms with Crippen molar-refractivity contribution in [2.45, 2.75) is 13.1 Å². The maximum atomic E-state index is 12.7. The molecule has 0 aliphatic carbocycles. The topological polar surface area (TPSA) is 38.3 Å². The number of amides is 1. The summed E-state index contributed by atoms with van der Waals surface area (Å²) in [5.74, 6) is 4.60. The summed E-state index contributed by atoms with van der Waals surface area (Å²) in [7, 11) is 1.17. The van der Waals surface area contributed by atoms with Crippen LogP contribution in [0.4, 0.5) is 13.2 Å². The molecule has 0 aliphatic rings. The second kappa shape index (κ2) is 6.14. The third-order valence-corrected chi connectivity index (χ3v) is 2.16. The maximum Gasteiger partial charge on any atom is 0.420 e. The van der Waals surface area contributed by atoms with E-state index in [1.54, 1.807) is 0 Å². The van der Waals surface area contributed by atoms with Crippen LogP contribution in [0, 0.1) is 11.8 Å². The third-order valence-electron chi connectivity index (χ3n) is 2.16. The average molecular weight is 271 g/mol. The molecule has 6 heteroatoms. The minimum absolute atomic E-state index is 0.0860. The van der Waals surface area contributed by atoms with Crippen LogP contribution in [0.3, 0.4) is 0 Å². The van der Waals surface area contributed by atoms with Crippen LogP contribution in [0.25, 0.3) is 0 Å². The lowest BCUT2D eigenvalue weighted by Gasteiger charge is -2.11. The van der Waals surface area contributed by atoms with E-state index < -0.39 is 11.7 Å². The molecule has 102 valence electrons. The summed E-state index contributed by atoms with van der Waals surface area (Å²) in [6.07, 6.45) is -4.50. The minimum atomic E-state index is -4.50. The van der Waals surface area contributed by atoms with Gasteiger partial charge in [-0.3, -0.25) is 4.79 Å². The van der Waals surface area contributed by atoms with Crippen LogP contribution in [0.15, 0.2) is 18.2 Å². The van der Waals surface area contributed by atoms with E-state index in [1.807, 2.05) is 0 Å². The average Bonchev–Trinajstić information content (AvgIpc) is 2.33. The Morgan fingerprint density at radius 3 is 2.63 bits per heavy atom. The first-order valence-corrected chi connectivity index (χ1v) is 5.33. The predicted molar refractivity (Wildman–Crippen MR) is 63.6 cm³/mol. The maximum absolute atomic E-state index is 12.7. The van der Waals surface area contributed by atoms with E-state index in [2.05, 4.69) is 21.9 Å². The Hall–Kier alpha value is -2.16. The third kappa shape index (κ3) is 4.54. The van der Waals surface area contributed by atoms with E-state index in [0.717, 1.165) is 6.07 Å². The van der Waals surface area contributed by atoms with Crippen molar-refractivity contribution in [2.75, 3.05) is 13.7 Å². The summed E-state index contributed by atoms with van der Waals surface area (Å²) in [4.78, 5) is 10.6. The molecule has 0 saturated carbocycles. The molecule has 0 aliphatic heterocycles. The van der Waals surface area contributed by atoms with Gasteiger partial charge in [-0.1, -0.05) is 11.8 Å². The van der Waals surface area contributed by atoms with E-state index in [1.165, 1.54) is 26.2 Å². The standard InChI is InChI=1S/C13H12F3NO2/c1-9(18)17-7-3-4-10-5-6-12(19-2)11(8-10)13(14,15)16/h5-6,8H,7H2,1-2H3,(H,17,18). The lowest BCUT2D eigenvalue weighted by Crippen LogP contribution is -2.19. The van der Waals surface area contributed by atoms with Crippen LogP contribution in [-0.4, -0.2) is 19.6 Å². The van der Waals surface area contributed by atoms with Gasteiger partial charge in [-0.15, -0.1) is 0 Å². The van der Waals surface area contributed by atoms with Gasteiger partial charge in [0.15, 0.2) is 0 Å². The highest BCUT2D eigenvalue weighted by Gasteiger charge is 2.34. The van der Waals surface area contributed by atoms with Crippen molar-refractivity contribution >= 4 is 5.91 Å². The number of ether oxygens (including phenoxy) is 1. The van der Waals surface area contributed by atoms with Crippen LogP contribution in [0.1, 0.15) is 18.1 Å². The molecule has 0 saturated heterocycles. The Labute approximate surface area is 108 Å². The fraction of sp³-hybridized carbons (Fsp3) is 0.308. The number of nitrogens with one attached hydrogen (secondary N) is 1. The van der Waals surface area contributed by atoms with Crippen LogP contribution in [0.5, 0.6) is 5.75 Å². The zero-order valence-electron chi connectivity index (χ0n) is 10.4. The van der Waals surface area contributed by atoms with Gasteiger partial charge >= 0.3 is 6.18 Å². The molecule has 0 atom stereocenters. The monoisotopic (exact) mass is 271 g/mol. The second-order valence-corrected chi connectivity index (χ2v) is 3.62. The van der Waals surface area contributed by atoms with Crippen LogP contribution in [0.2, 0.25) is 0 Å². The van der Waals surface area contributed by atoms with Gasteiger partial charge in [0.25, 0.3) is 0 Å². The van der Waals surface area contributed by atoms with Crippen molar-refractivity contribution in [3.05, 3.63) is 29.3 Å². The summed E-state index contributed by atoms with van der Waals surface area (Å²) in [6.45, 7) is 1.42. The lowest BCUT2D eigenvalue weighted by molar-refractivity contribution is -0.138. The molecule has 0 fully saturated rings. The van der Waals surface area contributed by atoms with Gasteiger partial charge < -0.3 is 10.1 Å². The Kier molecular flexibility index (Phi) is 4.81. The molecule has 1 aromatic carbocycles. The Morgan fingerprint density at radius 1 is 1.42 bits per heavy atom. The number of hydrogen-bond acceptors (Lipinski definition) is 2. The number of carbonyl (C=O) groups is 1. The summed E-state index contributed by atoms with van der Waals surface area (Å²) < 4.78 is 42.8. The van der Waals surface area contributed by atoms with Gasteiger partial charge in [-0.25, -0.2) is 0 Å². The zero-order valence-corrected chi connectivity index (χ0v) is 10.4. The van der Waals surface area contributed by atoms with E-state index in [4.69, 9.17) is 0 Å². The summed E-state index contributed by atoms with van der Waals surface area (Å²) in [6, 6.07) is 3.56. The van der Waals surface area contributed by atoms with E-state index in [0.29, 0.717) is 0 Å². The number of benzene rings is 1. The smallest absolute Gasteiger partial charge is 0.420 e. The lowest BCUT2D eigenvalue weighted by atomic mass is 10.1. The molecule has 0 unspecified atom stereocenters. The first-order chi connectivity index (χ1) is 8.84. The molecule has 0 radical (unpaired) electrons. The minimum Gasteiger partial charge on any atom is -0.496 e. The molecule has 0 aromatic heterocycles. The quantitative estimate of drug-likeness (QED) is 0.837. The number of halogens is 3. The summed E-state index contributed by atoms with van der Waals surface area (Å²) in [5.41, 5.74) is -0.667. The molecule has 19 heavy (non-hydrogen) atoms. The van der Waals surface area contributed by atoms with Crippen molar-refractivity contribution in [1.29, 1.82) is 0 Å². The normalized spacial score (nSPS) is 10.4. The molecule has 0 heterocycles. The van der Waals surface area contributed by atoms with Crippen molar-refractivity contribution in [2.24, 2.45) is 0 Å².